The van der Waals surface area contributed by atoms with Gasteiger partial charge in [-0.25, -0.2) is 0 Å². The molecule has 0 heterocycles. The fraction of sp³-hybridized carbons (Fsp3) is 0.889. The van der Waals surface area contributed by atoms with Gasteiger partial charge in [0.05, 0.1) is 11.5 Å². The molecule has 0 aliphatic carbocycles. The summed E-state index contributed by atoms with van der Waals surface area (Å²) in [4.78, 5) is 23.1. The van der Waals surface area contributed by atoms with Gasteiger partial charge in [-0.15, -0.1) is 0 Å². The maximum atomic E-state index is 11.6. The minimum atomic E-state index is -0.389. The van der Waals surface area contributed by atoms with Crippen molar-refractivity contribution in [2.24, 2.45) is 0 Å². The normalized spacial score (nSPS) is 12.1. The third-order valence-corrected chi connectivity index (χ3v) is 4.66. The number of rotatable bonds is 13. The van der Waals surface area contributed by atoms with Crippen LogP contribution < -0.4 is 0 Å². The highest BCUT2D eigenvalue weighted by atomic mass is 32.2. The van der Waals surface area contributed by atoms with E-state index >= 15 is 0 Å². The number of thioether (sulfide) groups is 2. The Morgan fingerprint density at radius 3 is 1.33 bits per heavy atom. The molecule has 0 aromatic rings. The van der Waals surface area contributed by atoms with Crippen LogP contribution in [0.15, 0.2) is 0 Å². The van der Waals surface area contributed by atoms with E-state index in [1.54, 1.807) is 0 Å². The van der Waals surface area contributed by atoms with Crippen LogP contribution in [-0.4, -0.2) is 47.2 Å². The van der Waals surface area contributed by atoms with Gasteiger partial charge >= 0.3 is 11.9 Å². The Balaban J connectivity index is 3.85. The fourth-order valence-corrected chi connectivity index (χ4v) is 3.06. The summed E-state index contributed by atoms with van der Waals surface area (Å²) >= 11 is 2.97. The SMILES string of the molecule is CSCC(=O)OC(C)(C)CCCCCCC(C)(C)OC(=O)CSC. The predicted octanol–water partition coefficient (Wildman–Crippen LogP) is 4.70. The highest BCUT2D eigenvalue weighted by molar-refractivity contribution is 7.99. The summed E-state index contributed by atoms with van der Waals surface area (Å²) in [5.74, 6) is 0.546. The second-order valence-corrected chi connectivity index (χ2v) is 8.98. The van der Waals surface area contributed by atoms with Crippen LogP contribution in [0, 0.1) is 0 Å². The van der Waals surface area contributed by atoms with Crippen molar-refractivity contribution in [1.29, 1.82) is 0 Å². The summed E-state index contributed by atoms with van der Waals surface area (Å²) in [7, 11) is 0. The first-order chi connectivity index (χ1) is 11.1. The predicted molar refractivity (Wildman–Crippen MR) is 105 cm³/mol. The highest BCUT2D eigenvalue weighted by Gasteiger charge is 2.23. The van der Waals surface area contributed by atoms with E-state index in [1.165, 1.54) is 23.5 Å². The van der Waals surface area contributed by atoms with Crippen LogP contribution in [0.4, 0.5) is 0 Å². The summed E-state index contributed by atoms with van der Waals surface area (Å²) in [6, 6.07) is 0. The molecular formula is C18H34O4S2. The Morgan fingerprint density at radius 2 is 1.04 bits per heavy atom. The smallest absolute Gasteiger partial charge is 0.316 e. The van der Waals surface area contributed by atoms with E-state index < -0.39 is 0 Å². The number of hydrogen-bond donors (Lipinski definition) is 0. The van der Waals surface area contributed by atoms with Crippen LogP contribution in [0.5, 0.6) is 0 Å². The van der Waals surface area contributed by atoms with Crippen LogP contribution in [-0.2, 0) is 19.1 Å². The molecule has 0 saturated heterocycles. The molecule has 0 unspecified atom stereocenters. The maximum absolute atomic E-state index is 11.6. The minimum Gasteiger partial charge on any atom is -0.459 e. The number of ether oxygens (including phenoxy) is 2. The molecule has 142 valence electrons. The molecule has 0 fully saturated rings. The Labute approximate surface area is 156 Å². The van der Waals surface area contributed by atoms with Crippen molar-refractivity contribution in [2.45, 2.75) is 77.4 Å². The third kappa shape index (κ3) is 13.0. The van der Waals surface area contributed by atoms with E-state index in [2.05, 4.69) is 0 Å². The molecule has 0 aliphatic rings. The molecule has 24 heavy (non-hydrogen) atoms. The van der Waals surface area contributed by atoms with Gasteiger partial charge in [0.1, 0.15) is 11.2 Å². The van der Waals surface area contributed by atoms with Gasteiger partial charge in [0, 0.05) is 0 Å². The van der Waals surface area contributed by atoms with Crippen molar-refractivity contribution in [3.63, 3.8) is 0 Å². The zero-order valence-electron chi connectivity index (χ0n) is 16.1. The second-order valence-electron chi connectivity index (χ2n) is 7.25. The molecule has 0 aromatic heterocycles. The summed E-state index contributed by atoms with van der Waals surface area (Å²) < 4.78 is 11.0. The molecule has 0 radical (unpaired) electrons. The van der Waals surface area contributed by atoms with E-state index in [0.29, 0.717) is 11.5 Å². The van der Waals surface area contributed by atoms with Gasteiger partial charge in [0.15, 0.2) is 0 Å². The van der Waals surface area contributed by atoms with Crippen LogP contribution >= 0.6 is 23.5 Å². The van der Waals surface area contributed by atoms with E-state index in [0.717, 1.165) is 38.5 Å². The van der Waals surface area contributed by atoms with Gasteiger partial charge in [0.25, 0.3) is 0 Å². The molecule has 0 saturated carbocycles. The summed E-state index contributed by atoms with van der Waals surface area (Å²) in [5, 5.41) is 0. The average Bonchev–Trinajstić information content (AvgIpc) is 2.41. The molecule has 0 atom stereocenters. The Bertz CT molecular complexity index is 345. The van der Waals surface area contributed by atoms with E-state index in [9.17, 15) is 9.59 Å². The standard InChI is InChI=1S/C18H34O4S2/c1-17(2,21-15(19)13-23-5)11-9-7-8-10-12-18(3,4)22-16(20)14-24-6/h7-14H2,1-6H3. The van der Waals surface area contributed by atoms with Crippen molar-refractivity contribution >= 4 is 35.5 Å². The number of unbranched alkanes of at least 4 members (excludes halogenated alkanes) is 3. The van der Waals surface area contributed by atoms with E-state index in [-0.39, 0.29) is 23.1 Å². The largest absolute Gasteiger partial charge is 0.459 e. The molecule has 0 rings (SSSR count). The topological polar surface area (TPSA) is 52.6 Å². The molecule has 0 N–H and O–H groups in total. The van der Waals surface area contributed by atoms with Crippen molar-refractivity contribution in [3.05, 3.63) is 0 Å². The second kappa shape index (κ2) is 12.1. The zero-order valence-corrected chi connectivity index (χ0v) is 17.7. The van der Waals surface area contributed by atoms with Crippen molar-refractivity contribution < 1.29 is 19.1 Å². The highest BCUT2D eigenvalue weighted by Crippen LogP contribution is 2.23. The summed E-state index contributed by atoms with van der Waals surface area (Å²) in [5.41, 5.74) is -0.779. The number of hydrogen-bond acceptors (Lipinski definition) is 6. The van der Waals surface area contributed by atoms with Gasteiger partial charge in [0.2, 0.25) is 0 Å². The van der Waals surface area contributed by atoms with Gasteiger partial charge in [-0.05, 0) is 65.9 Å². The average molecular weight is 379 g/mol. The lowest BCUT2D eigenvalue weighted by atomic mass is 9.96. The van der Waals surface area contributed by atoms with Crippen LogP contribution in [0.2, 0.25) is 0 Å². The number of esters is 2. The molecule has 0 amide bonds. The maximum Gasteiger partial charge on any atom is 0.316 e. The molecule has 0 aromatic carbocycles. The first kappa shape index (κ1) is 23.6. The lowest BCUT2D eigenvalue weighted by Crippen LogP contribution is -2.29. The first-order valence-corrected chi connectivity index (χ1v) is 11.3. The van der Waals surface area contributed by atoms with Crippen LogP contribution in [0.3, 0.4) is 0 Å². The molecular weight excluding hydrogens is 344 g/mol. The van der Waals surface area contributed by atoms with Gasteiger partial charge in [-0.1, -0.05) is 12.8 Å². The van der Waals surface area contributed by atoms with Crippen molar-refractivity contribution in [2.75, 3.05) is 24.0 Å². The lowest BCUT2D eigenvalue weighted by molar-refractivity contribution is -0.155. The van der Waals surface area contributed by atoms with E-state index in [1.807, 2.05) is 40.2 Å². The Hall–Kier alpha value is -0.360. The van der Waals surface area contributed by atoms with Gasteiger partial charge < -0.3 is 9.47 Å². The lowest BCUT2D eigenvalue weighted by Gasteiger charge is -2.26. The third-order valence-electron chi connectivity index (χ3n) is 3.61. The molecule has 4 nitrogen and oxygen atoms in total. The number of carbonyl (C=O) groups excluding carboxylic acids is 2. The molecule has 0 spiro atoms. The Morgan fingerprint density at radius 1 is 0.708 bits per heavy atom. The molecule has 0 aliphatic heterocycles. The summed E-state index contributed by atoms with van der Waals surface area (Å²) in [6.07, 6.45) is 9.80. The minimum absolute atomic E-state index is 0.138. The van der Waals surface area contributed by atoms with Gasteiger partial charge in [-0.2, -0.15) is 23.5 Å². The fourth-order valence-electron chi connectivity index (χ4n) is 2.47. The van der Waals surface area contributed by atoms with Gasteiger partial charge in [-0.3, -0.25) is 9.59 Å². The van der Waals surface area contributed by atoms with Crippen LogP contribution in [0.25, 0.3) is 0 Å². The first-order valence-electron chi connectivity index (χ1n) is 8.53. The zero-order chi connectivity index (χ0) is 18.6. The summed E-state index contributed by atoms with van der Waals surface area (Å²) in [6.45, 7) is 7.89. The van der Waals surface area contributed by atoms with Crippen LogP contribution in [0.1, 0.15) is 66.2 Å². The monoisotopic (exact) mass is 378 g/mol. The molecule has 6 heteroatoms. The quantitative estimate of drug-likeness (QED) is 0.342. The van der Waals surface area contributed by atoms with E-state index in [4.69, 9.17) is 9.47 Å². The molecule has 0 bridgehead atoms. The van der Waals surface area contributed by atoms with Crippen molar-refractivity contribution in [3.8, 4) is 0 Å². The Kier molecular flexibility index (Phi) is 11.9. The van der Waals surface area contributed by atoms with Crippen molar-refractivity contribution in [1.82, 2.24) is 0 Å². The number of carbonyl (C=O) groups is 2.